The van der Waals surface area contributed by atoms with E-state index in [1.807, 2.05) is 81.4 Å². The zero-order chi connectivity index (χ0) is 19.7. The molecule has 0 bridgehead atoms. The Bertz CT molecular complexity index is 770. The molecule has 2 aromatic carbocycles. The lowest BCUT2D eigenvalue weighted by atomic mass is 9.93. The number of benzene rings is 2. The highest BCUT2D eigenvalue weighted by atomic mass is 16.6. The number of ether oxygens (including phenoxy) is 1. The van der Waals surface area contributed by atoms with Crippen molar-refractivity contribution < 1.29 is 14.6 Å². The summed E-state index contributed by atoms with van der Waals surface area (Å²) in [5.41, 5.74) is 1.33. The monoisotopic (exact) mass is 365 g/mol. The topological polar surface area (TPSA) is 58.6 Å². The maximum atomic E-state index is 12.3. The minimum atomic E-state index is -0.602. The maximum absolute atomic E-state index is 12.3. The van der Waals surface area contributed by atoms with Crippen molar-refractivity contribution >= 4 is 6.09 Å². The number of carbonyl (C=O) groups is 1. The first-order valence-corrected chi connectivity index (χ1v) is 9.08. The van der Waals surface area contributed by atoms with Crippen LogP contribution in [0.4, 0.5) is 4.79 Å². The second-order valence-electron chi connectivity index (χ2n) is 7.39. The van der Waals surface area contributed by atoms with E-state index >= 15 is 0 Å². The molecule has 0 aliphatic heterocycles. The summed E-state index contributed by atoms with van der Waals surface area (Å²) in [6.07, 6.45) is 0.0581. The zero-order valence-electron chi connectivity index (χ0n) is 16.1. The van der Waals surface area contributed by atoms with Crippen LogP contribution in [0, 0.1) is 17.8 Å². The van der Waals surface area contributed by atoms with Crippen LogP contribution >= 0.6 is 0 Å². The highest BCUT2D eigenvalue weighted by Crippen LogP contribution is 2.14. The normalized spacial score (nSPS) is 13.0. The Kier molecular flexibility index (Phi) is 7.45. The summed E-state index contributed by atoms with van der Waals surface area (Å²) in [6.45, 7) is 5.33. The van der Waals surface area contributed by atoms with Gasteiger partial charge in [0.25, 0.3) is 0 Å². The van der Waals surface area contributed by atoms with E-state index in [2.05, 4.69) is 17.2 Å². The summed E-state index contributed by atoms with van der Waals surface area (Å²) in [4.78, 5) is 12.3. The average molecular weight is 365 g/mol. The van der Waals surface area contributed by atoms with Crippen LogP contribution < -0.4 is 5.32 Å². The summed E-state index contributed by atoms with van der Waals surface area (Å²) < 4.78 is 5.37. The van der Waals surface area contributed by atoms with Gasteiger partial charge in [-0.05, 0) is 44.9 Å². The van der Waals surface area contributed by atoms with E-state index in [0.717, 1.165) is 11.1 Å². The molecule has 2 N–H and O–H groups in total. The molecule has 2 aromatic rings. The molecule has 1 amide bonds. The molecule has 0 radical (unpaired) electrons. The van der Waals surface area contributed by atoms with E-state index in [9.17, 15) is 9.90 Å². The van der Waals surface area contributed by atoms with Gasteiger partial charge in [-0.25, -0.2) is 4.79 Å². The molecular formula is C23H27NO3. The van der Waals surface area contributed by atoms with E-state index in [4.69, 9.17) is 4.74 Å². The van der Waals surface area contributed by atoms with E-state index in [-0.39, 0.29) is 12.5 Å². The highest BCUT2D eigenvalue weighted by Gasteiger charge is 2.24. The number of alkyl carbamates (subject to hydrolysis) is 1. The molecule has 0 spiro atoms. The van der Waals surface area contributed by atoms with Crippen LogP contribution in [0.5, 0.6) is 0 Å². The van der Waals surface area contributed by atoms with Crippen LogP contribution in [0.1, 0.15) is 31.9 Å². The summed E-state index contributed by atoms with van der Waals surface area (Å²) in [5.74, 6) is 5.93. The fourth-order valence-electron chi connectivity index (χ4n) is 2.59. The number of amides is 1. The average Bonchev–Trinajstić information content (AvgIpc) is 2.63. The molecule has 4 heteroatoms. The number of rotatable bonds is 5. The van der Waals surface area contributed by atoms with Gasteiger partial charge >= 0.3 is 6.09 Å². The predicted octanol–water partition coefficient (Wildman–Crippen LogP) is 3.78. The molecule has 2 unspecified atom stereocenters. The largest absolute Gasteiger partial charge is 0.444 e. The van der Waals surface area contributed by atoms with Crippen LogP contribution in [0.15, 0.2) is 60.7 Å². The van der Waals surface area contributed by atoms with Crippen LogP contribution in [0.3, 0.4) is 0 Å². The lowest BCUT2D eigenvalue weighted by Gasteiger charge is -2.25. The molecule has 0 heterocycles. The molecule has 0 saturated heterocycles. The molecule has 0 saturated carbocycles. The summed E-state index contributed by atoms with van der Waals surface area (Å²) in [6, 6.07) is 18.9. The molecule has 0 aromatic heterocycles. The van der Waals surface area contributed by atoms with Crippen molar-refractivity contribution in [3.63, 3.8) is 0 Å². The first-order valence-electron chi connectivity index (χ1n) is 9.08. The second-order valence-corrected chi connectivity index (χ2v) is 7.39. The number of aliphatic hydroxyl groups is 1. The number of nitrogens with one attached hydrogen (secondary N) is 1. The Morgan fingerprint density at radius 1 is 1.07 bits per heavy atom. The Morgan fingerprint density at radius 2 is 1.67 bits per heavy atom. The lowest BCUT2D eigenvalue weighted by Crippen LogP contribution is -2.44. The third-order valence-electron chi connectivity index (χ3n) is 3.86. The van der Waals surface area contributed by atoms with Crippen molar-refractivity contribution in [1.29, 1.82) is 0 Å². The van der Waals surface area contributed by atoms with Crippen molar-refractivity contribution in [2.45, 2.75) is 38.8 Å². The minimum absolute atomic E-state index is 0.0984. The summed E-state index contributed by atoms with van der Waals surface area (Å²) >= 11 is 0. The smallest absolute Gasteiger partial charge is 0.408 e. The summed E-state index contributed by atoms with van der Waals surface area (Å²) in [7, 11) is 0. The molecule has 0 aliphatic rings. The zero-order valence-corrected chi connectivity index (χ0v) is 16.1. The number of aliphatic hydroxyl groups excluding tert-OH is 1. The third-order valence-corrected chi connectivity index (χ3v) is 3.86. The van der Waals surface area contributed by atoms with Gasteiger partial charge < -0.3 is 15.2 Å². The van der Waals surface area contributed by atoms with Gasteiger partial charge in [0.1, 0.15) is 5.60 Å². The van der Waals surface area contributed by atoms with Crippen molar-refractivity contribution in [2.24, 2.45) is 5.92 Å². The van der Waals surface area contributed by atoms with E-state index in [1.54, 1.807) is 0 Å². The van der Waals surface area contributed by atoms with Crippen LogP contribution in [0.2, 0.25) is 0 Å². The fourth-order valence-corrected chi connectivity index (χ4v) is 2.59. The fraction of sp³-hybridized carbons (Fsp3) is 0.348. The number of carbonyl (C=O) groups excluding carboxylic acids is 1. The molecule has 2 rings (SSSR count). The molecule has 0 fully saturated rings. The highest BCUT2D eigenvalue weighted by molar-refractivity contribution is 5.68. The lowest BCUT2D eigenvalue weighted by molar-refractivity contribution is 0.0492. The van der Waals surface area contributed by atoms with Crippen LogP contribution in [-0.4, -0.2) is 29.4 Å². The van der Waals surface area contributed by atoms with Crippen molar-refractivity contribution in [3.05, 3.63) is 71.8 Å². The van der Waals surface area contributed by atoms with Gasteiger partial charge in [-0.2, -0.15) is 0 Å². The van der Waals surface area contributed by atoms with Gasteiger partial charge in [0, 0.05) is 18.1 Å². The molecule has 0 aliphatic carbocycles. The maximum Gasteiger partial charge on any atom is 0.408 e. The van der Waals surface area contributed by atoms with Gasteiger partial charge in [0.15, 0.2) is 0 Å². The molecular weight excluding hydrogens is 338 g/mol. The summed E-state index contributed by atoms with van der Waals surface area (Å²) in [5, 5.41) is 12.8. The molecule has 142 valence electrons. The number of hydrogen-bond donors (Lipinski definition) is 2. The quantitative estimate of drug-likeness (QED) is 0.793. The first kappa shape index (κ1) is 20.5. The van der Waals surface area contributed by atoms with Crippen LogP contribution in [-0.2, 0) is 11.2 Å². The molecule has 4 nitrogen and oxygen atoms in total. The van der Waals surface area contributed by atoms with Gasteiger partial charge in [0.05, 0.1) is 6.04 Å². The minimum Gasteiger partial charge on any atom is -0.444 e. The Hall–Kier alpha value is -2.77. The van der Waals surface area contributed by atoms with Gasteiger partial charge in [0.2, 0.25) is 0 Å². The van der Waals surface area contributed by atoms with Gasteiger partial charge in [-0.3, -0.25) is 0 Å². The van der Waals surface area contributed by atoms with Crippen molar-refractivity contribution in [2.75, 3.05) is 6.61 Å². The standard InChI is InChI=1S/C23H27NO3/c1-23(2,3)27-22(26)24-21(15-14-18-10-6-4-7-11-18)20(17-25)16-19-12-8-5-9-13-19/h4-13,20-21,25H,16-17H2,1-3H3,(H,24,26). The van der Waals surface area contributed by atoms with Crippen LogP contribution in [0.25, 0.3) is 0 Å². The molecule has 2 atom stereocenters. The third kappa shape index (κ3) is 7.55. The Morgan fingerprint density at radius 3 is 2.22 bits per heavy atom. The van der Waals surface area contributed by atoms with E-state index in [0.29, 0.717) is 6.42 Å². The van der Waals surface area contributed by atoms with Crippen molar-refractivity contribution in [3.8, 4) is 11.8 Å². The Labute approximate surface area is 161 Å². The predicted molar refractivity (Wildman–Crippen MR) is 107 cm³/mol. The molecule has 27 heavy (non-hydrogen) atoms. The second kappa shape index (κ2) is 9.80. The van der Waals surface area contributed by atoms with E-state index < -0.39 is 17.7 Å². The van der Waals surface area contributed by atoms with E-state index in [1.165, 1.54) is 0 Å². The Balaban J connectivity index is 2.21. The van der Waals surface area contributed by atoms with Gasteiger partial charge in [-0.1, -0.05) is 60.4 Å². The van der Waals surface area contributed by atoms with Crippen molar-refractivity contribution in [1.82, 2.24) is 5.32 Å². The SMILES string of the molecule is CC(C)(C)OC(=O)NC(C#Cc1ccccc1)C(CO)Cc1ccccc1. The first-order chi connectivity index (χ1) is 12.9. The number of hydrogen-bond acceptors (Lipinski definition) is 3. The van der Waals surface area contributed by atoms with Gasteiger partial charge in [-0.15, -0.1) is 0 Å².